The third-order valence-corrected chi connectivity index (χ3v) is 4.17. The van der Waals surface area contributed by atoms with E-state index in [-0.39, 0.29) is 5.82 Å². The van der Waals surface area contributed by atoms with Crippen molar-refractivity contribution in [1.82, 2.24) is 24.7 Å². The quantitative estimate of drug-likeness (QED) is 0.648. The van der Waals surface area contributed by atoms with Crippen LogP contribution in [0.3, 0.4) is 0 Å². The Bertz CT molecular complexity index is 839. The van der Waals surface area contributed by atoms with Gasteiger partial charge in [-0.25, -0.2) is 9.37 Å². The third kappa shape index (κ3) is 4.31. The van der Waals surface area contributed by atoms with Gasteiger partial charge in [-0.1, -0.05) is 0 Å². The van der Waals surface area contributed by atoms with Crippen molar-refractivity contribution < 1.29 is 9.13 Å². The van der Waals surface area contributed by atoms with Gasteiger partial charge in [0, 0.05) is 25.2 Å². The first-order valence-corrected chi connectivity index (χ1v) is 8.57. The summed E-state index contributed by atoms with van der Waals surface area (Å²) >= 11 is 1.30. The summed E-state index contributed by atoms with van der Waals surface area (Å²) in [5.74, 6) is 1.39. The molecule has 1 aromatic carbocycles. The Balaban J connectivity index is 1.76. The predicted molar refractivity (Wildman–Crippen MR) is 91.1 cm³/mol. The lowest BCUT2D eigenvalue weighted by atomic mass is 10.3. The summed E-state index contributed by atoms with van der Waals surface area (Å²) in [6.45, 7) is 3.26. The number of benzene rings is 1. The standard InChI is InChI=1S/C16H17FN6OS/c1-2-23-13(7-9-18)21-22-16(23)25-15-19-10-8-14(20-15)24-12-5-3-11(17)4-6-12/h3-6,8,10H,2,7,9,18H2,1H3. The molecular weight excluding hydrogens is 343 g/mol. The van der Waals surface area contributed by atoms with Crippen molar-refractivity contribution in [3.63, 3.8) is 0 Å². The van der Waals surface area contributed by atoms with E-state index >= 15 is 0 Å². The van der Waals surface area contributed by atoms with Gasteiger partial charge in [0.1, 0.15) is 17.4 Å². The highest BCUT2D eigenvalue weighted by atomic mass is 32.2. The minimum atomic E-state index is -0.321. The van der Waals surface area contributed by atoms with Gasteiger partial charge in [0.15, 0.2) is 10.3 Å². The largest absolute Gasteiger partial charge is 0.439 e. The molecule has 7 nitrogen and oxygen atoms in total. The fraction of sp³-hybridized carbons (Fsp3) is 0.250. The summed E-state index contributed by atoms with van der Waals surface area (Å²) in [4.78, 5) is 8.57. The highest BCUT2D eigenvalue weighted by Gasteiger charge is 2.13. The molecule has 0 spiro atoms. The molecule has 2 aromatic heterocycles. The Morgan fingerprint density at radius 3 is 2.72 bits per heavy atom. The van der Waals surface area contributed by atoms with Gasteiger partial charge in [0.2, 0.25) is 5.88 Å². The molecule has 0 fully saturated rings. The SMILES string of the molecule is CCn1c(CCN)nnc1Sc1nccc(Oc2ccc(F)cc2)n1. The fourth-order valence-corrected chi connectivity index (χ4v) is 3.00. The maximum Gasteiger partial charge on any atom is 0.223 e. The molecule has 0 saturated heterocycles. The van der Waals surface area contributed by atoms with Gasteiger partial charge in [-0.3, -0.25) is 0 Å². The minimum Gasteiger partial charge on any atom is -0.439 e. The number of aromatic nitrogens is 5. The van der Waals surface area contributed by atoms with Crippen LogP contribution in [-0.2, 0) is 13.0 Å². The molecule has 0 saturated carbocycles. The van der Waals surface area contributed by atoms with Gasteiger partial charge < -0.3 is 15.0 Å². The summed E-state index contributed by atoms with van der Waals surface area (Å²) in [5, 5.41) is 9.53. The Morgan fingerprint density at radius 2 is 2.00 bits per heavy atom. The monoisotopic (exact) mass is 360 g/mol. The van der Waals surface area contributed by atoms with E-state index in [0.717, 1.165) is 12.4 Å². The number of ether oxygens (including phenoxy) is 1. The maximum atomic E-state index is 13.0. The number of nitrogens with zero attached hydrogens (tertiary/aromatic N) is 5. The molecule has 0 unspecified atom stereocenters. The Morgan fingerprint density at radius 1 is 1.20 bits per heavy atom. The van der Waals surface area contributed by atoms with E-state index in [1.165, 1.54) is 36.0 Å². The highest BCUT2D eigenvalue weighted by Crippen LogP contribution is 2.26. The zero-order valence-corrected chi connectivity index (χ0v) is 14.4. The van der Waals surface area contributed by atoms with Crippen LogP contribution in [0.5, 0.6) is 11.6 Å². The second-order valence-electron chi connectivity index (χ2n) is 5.02. The smallest absolute Gasteiger partial charge is 0.223 e. The molecule has 3 rings (SSSR count). The Kier molecular flexibility index (Phi) is 5.56. The van der Waals surface area contributed by atoms with Crippen LogP contribution in [0, 0.1) is 5.82 Å². The first-order chi connectivity index (χ1) is 12.2. The van der Waals surface area contributed by atoms with E-state index in [1.54, 1.807) is 12.3 Å². The van der Waals surface area contributed by atoms with Crippen molar-refractivity contribution in [2.75, 3.05) is 6.54 Å². The van der Waals surface area contributed by atoms with E-state index < -0.39 is 0 Å². The number of rotatable bonds is 7. The van der Waals surface area contributed by atoms with E-state index in [1.807, 2.05) is 11.5 Å². The molecule has 0 bridgehead atoms. The van der Waals surface area contributed by atoms with Crippen LogP contribution in [0.15, 0.2) is 46.8 Å². The van der Waals surface area contributed by atoms with Gasteiger partial charge in [0.25, 0.3) is 0 Å². The van der Waals surface area contributed by atoms with Crippen LogP contribution in [0.1, 0.15) is 12.7 Å². The van der Waals surface area contributed by atoms with Crippen molar-refractivity contribution in [1.29, 1.82) is 0 Å². The third-order valence-electron chi connectivity index (χ3n) is 3.30. The highest BCUT2D eigenvalue weighted by molar-refractivity contribution is 7.99. The number of nitrogens with two attached hydrogens (primary N) is 1. The molecule has 9 heteroatoms. The molecule has 0 aliphatic carbocycles. The van der Waals surface area contributed by atoms with Crippen molar-refractivity contribution in [2.24, 2.45) is 5.73 Å². The summed E-state index contributed by atoms with van der Waals surface area (Å²) in [6.07, 6.45) is 2.26. The Labute approximate surface area is 148 Å². The van der Waals surface area contributed by atoms with Crippen LogP contribution in [0.2, 0.25) is 0 Å². The molecule has 0 aliphatic rings. The number of hydrogen-bond acceptors (Lipinski definition) is 7. The van der Waals surface area contributed by atoms with Gasteiger partial charge in [-0.15, -0.1) is 10.2 Å². The van der Waals surface area contributed by atoms with E-state index in [4.69, 9.17) is 10.5 Å². The molecule has 0 aliphatic heterocycles. The van der Waals surface area contributed by atoms with Crippen LogP contribution >= 0.6 is 11.8 Å². The van der Waals surface area contributed by atoms with Gasteiger partial charge >= 0.3 is 0 Å². The second-order valence-corrected chi connectivity index (χ2v) is 5.95. The van der Waals surface area contributed by atoms with E-state index in [0.29, 0.717) is 34.9 Å². The molecule has 2 N–H and O–H groups in total. The van der Waals surface area contributed by atoms with Crippen LogP contribution in [0.25, 0.3) is 0 Å². The summed E-state index contributed by atoms with van der Waals surface area (Å²) < 4.78 is 20.6. The van der Waals surface area contributed by atoms with E-state index in [9.17, 15) is 4.39 Å². The Hall–Kier alpha value is -2.52. The van der Waals surface area contributed by atoms with Crippen molar-refractivity contribution in [3.8, 4) is 11.6 Å². The lowest BCUT2D eigenvalue weighted by Gasteiger charge is -2.07. The molecular formula is C16H17FN6OS. The zero-order valence-electron chi connectivity index (χ0n) is 13.6. The topological polar surface area (TPSA) is 91.7 Å². The van der Waals surface area contributed by atoms with E-state index in [2.05, 4.69) is 20.2 Å². The molecule has 25 heavy (non-hydrogen) atoms. The normalized spacial score (nSPS) is 10.8. The summed E-state index contributed by atoms with van der Waals surface area (Å²) in [5.41, 5.74) is 5.60. The molecule has 0 radical (unpaired) electrons. The lowest BCUT2D eigenvalue weighted by Crippen LogP contribution is -2.10. The van der Waals surface area contributed by atoms with Gasteiger partial charge in [-0.05, 0) is 49.5 Å². The molecule has 2 heterocycles. The molecule has 3 aromatic rings. The van der Waals surface area contributed by atoms with Crippen molar-refractivity contribution >= 4 is 11.8 Å². The first kappa shape index (κ1) is 17.3. The first-order valence-electron chi connectivity index (χ1n) is 7.76. The maximum absolute atomic E-state index is 13.0. The number of hydrogen-bond donors (Lipinski definition) is 1. The van der Waals surface area contributed by atoms with Gasteiger partial charge in [0.05, 0.1) is 0 Å². The molecule has 0 atom stereocenters. The minimum absolute atomic E-state index is 0.321. The van der Waals surface area contributed by atoms with Crippen LogP contribution in [0.4, 0.5) is 4.39 Å². The van der Waals surface area contributed by atoms with Gasteiger partial charge in [-0.2, -0.15) is 4.98 Å². The summed E-state index contributed by atoms with van der Waals surface area (Å²) in [7, 11) is 0. The average molecular weight is 360 g/mol. The zero-order chi connectivity index (χ0) is 17.6. The average Bonchev–Trinajstić information content (AvgIpc) is 2.99. The fourth-order valence-electron chi connectivity index (χ4n) is 2.16. The second kappa shape index (κ2) is 8.04. The van der Waals surface area contributed by atoms with Crippen molar-refractivity contribution in [2.45, 2.75) is 30.2 Å². The molecule has 130 valence electrons. The number of halogens is 1. The summed E-state index contributed by atoms with van der Waals surface area (Å²) in [6, 6.07) is 7.37. The lowest BCUT2D eigenvalue weighted by molar-refractivity contribution is 0.454. The molecule has 0 amide bonds. The van der Waals surface area contributed by atoms with Crippen LogP contribution in [-0.4, -0.2) is 31.3 Å². The van der Waals surface area contributed by atoms with Crippen molar-refractivity contribution in [3.05, 3.63) is 48.2 Å². The predicted octanol–water partition coefficient (Wildman–Crippen LogP) is 2.67. The van der Waals surface area contributed by atoms with Crippen LogP contribution < -0.4 is 10.5 Å².